The maximum absolute atomic E-state index is 12.4. The maximum atomic E-state index is 12.4. The summed E-state index contributed by atoms with van der Waals surface area (Å²) >= 11 is 0. The summed E-state index contributed by atoms with van der Waals surface area (Å²) in [6.07, 6.45) is 7.11. The van der Waals surface area contributed by atoms with Crippen molar-refractivity contribution in [3.05, 3.63) is 208 Å². The molecule has 0 aliphatic carbocycles. The normalized spacial score (nSPS) is 11.2. The van der Waals surface area contributed by atoms with Gasteiger partial charge in [0, 0.05) is 65.5 Å². The minimum atomic E-state index is -0.412. The minimum Gasteiger partial charge on any atom is -0.378 e. The van der Waals surface area contributed by atoms with Gasteiger partial charge in [-0.05, 0) is 115 Å². The average Bonchev–Trinajstić information content (AvgIpc) is 3.25. The van der Waals surface area contributed by atoms with Gasteiger partial charge >= 0.3 is 0 Å². The zero-order valence-corrected chi connectivity index (χ0v) is 32.5. The number of anilines is 7. The van der Waals surface area contributed by atoms with E-state index in [0.717, 1.165) is 50.9 Å². The van der Waals surface area contributed by atoms with Gasteiger partial charge < -0.3 is 19.6 Å². The molecular weight excluding hydrogens is 723 g/mol. The van der Waals surface area contributed by atoms with Crippen LogP contribution in [0.15, 0.2) is 170 Å². The van der Waals surface area contributed by atoms with Gasteiger partial charge in [-0.1, -0.05) is 102 Å². The predicted octanol–water partition coefficient (Wildman–Crippen LogP) is 12.4. The zero-order valence-electron chi connectivity index (χ0n) is 32.5. The molecule has 288 valence electrons. The topological polar surface area (TPSA) is 97.3 Å². The molecule has 0 aliphatic rings. The van der Waals surface area contributed by atoms with E-state index in [0.29, 0.717) is 11.1 Å². The molecule has 0 saturated carbocycles. The minimum absolute atomic E-state index is 0.0970. The number of nitro benzene ring substituents is 1. The second-order valence-corrected chi connectivity index (χ2v) is 13.8. The van der Waals surface area contributed by atoms with Crippen LogP contribution in [0.3, 0.4) is 0 Å². The van der Waals surface area contributed by atoms with Crippen molar-refractivity contribution in [3.8, 4) is 5.75 Å². The molecule has 2 N–H and O–H groups in total. The molecule has 9 nitrogen and oxygen atoms in total. The number of nitro groups is 1. The highest BCUT2D eigenvalue weighted by Gasteiger charge is 2.18. The highest BCUT2D eigenvalue weighted by molar-refractivity contribution is 5.83. The highest BCUT2D eigenvalue weighted by atomic mass is 17.3. The number of rotatable bonds is 14. The van der Waals surface area contributed by atoms with Crippen LogP contribution in [0.1, 0.15) is 27.8 Å². The van der Waals surface area contributed by atoms with Crippen LogP contribution in [-0.4, -0.2) is 19.0 Å². The van der Waals surface area contributed by atoms with Crippen molar-refractivity contribution in [1.29, 1.82) is 0 Å². The molecule has 0 spiro atoms. The fraction of sp³-hybridized carbons (Fsp3) is 0.0612. The van der Waals surface area contributed by atoms with E-state index < -0.39 is 4.92 Å². The zero-order chi connectivity index (χ0) is 40.4. The van der Waals surface area contributed by atoms with Gasteiger partial charge in [0.1, 0.15) is 0 Å². The lowest BCUT2D eigenvalue weighted by Crippen LogP contribution is -2.11. The molecule has 0 aromatic heterocycles. The molecule has 0 bridgehead atoms. The molecule has 0 atom stereocenters. The van der Waals surface area contributed by atoms with E-state index in [-0.39, 0.29) is 11.4 Å². The largest absolute Gasteiger partial charge is 0.378 e. The van der Waals surface area contributed by atoms with Gasteiger partial charge in [0.05, 0.1) is 10.5 Å². The SMILES string of the molecule is Cc1ccc(N(c2ccccc2)c2ccc(/C=C/c3cc([N+](=O)[O-])c(/C=C/c4ccc(N(c5ccccc5)c5ccc(N(C)C)cc5)cc4)cc3OON)cc2)cc1. The van der Waals surface area contributed by atoms with E-state index in [4.69, 9.17) is 10.8 Å². The Kier molecular flexibility index (Phi) is 12.0. The predicted molar refractivity (Wildman–Crippen MR) is 238 cm³/mol. The van der Waals surface area contributed by atoms with Crippen molar-refractivity contribution in [3.63, 3.8) is 0 Å². The first-order valence-electron chi connectivity index (χ1n) is 18.7. The van der Waals surface area contributed by atoms with E-state index in [9.17, 15) is 10.1 Å². The van der Waals surface area contributed by atoms with Gasteiger partial charge in [0.25, 0.3) is 5.69 Å². The fourth-order valence-corrected chi connectivity index (χ4v) is 6.63. The molecule has 0 aliphatic heterocycles. The van der Waals surface area contributed by atoms with Gasteiger partial charge in [0.2, 0.25) is 0 Å². The van der Waals surface area contributed by atoms with Crippen LogP contribution in [0.25, 0.3) is 24.3 Å². The molecule has 0 fully saturated rings. The molecule has 7 aromatic carbocycles. The molecule has 0 unspecified atom stereocenters. The highest BCUT2D eigenvalue weighted by Crippen LogP contribution is 2.37. The molecule has 0 amide bonds. The average molecular weight is 766 g/mol. The summed E-state index contributed by atoms with van der Waals surface area (Å²) in [6.45, 7) is 2.07. The summed E-state index contributed by atoms with van der Waals surface area (Å²) in [5, 5.41) is 12.4. The number of hydrogen-bond acceptors (Lipinski definition) is 8. The summed E-state index contributed by atoms with van der Waals surface area (Å²) in [7, 11) is 4.04. The van der Waals surface area contributed by atoms with Crippen molar-refractivity contribution in [2.24, 2.45) is 5.90 Å². The van der Waals surface area contributed by atoms with Crippen molar-refractivity contribution in [2.45, 2.75) is 6.92 Å². The van der Waals surface area contributed by atoms with Crippen LogP contribution in [0.5, 0.6) is 5.75 Å². The van der Waals surface area contributed by atoms with Crippen LogP contribution in [0.4, 0.5) is 45.5 Å². The lowest BCUT2D eigenvalue weighted by molar-refractivity contribution is -0.385. The standard InChI is InChI=1S/C49H43N5O4/c1-36-14-24-44(25-15-36)52(42-10-6-4-7-11-42)45-28-20-38(21-29-45)17-23-40-34-48(54(55)56)39(35-49(40)57-58-50)22-16-37-18-26-46(27-19-37)53(43-12-8-5-9-13-43)47-32-30-41(31-33-47)51(2)3/h4-35H,50H2,1-3H3/b22-16+,23-17+. The molecule has 7 aromatic rings. The number of benzene rings is 7. The van der Waals surface area contributed by atoms with Crippen molar-refractivity contribution in [2.75, 3.05) is 28.8 Å². The molecule has 58 heavy (non-hydrogen) atoms. The summed E-state index contributed by atoms with van der Waals surface area (Å²) < 4.78 is 0. The van der Waals surface area contributed by atoms with Gasteiger partial charge in [-0.25, -0.2) is 0 Å². The third kappa shape index (κ3) is 9.14. The number of para-hydroxylation sites is 2. The molecule has 9 heteroatoms. The third-order valence-electron chi connectivity index (χ3n) is 9.65. The van der Waals surface area contributed by atoms with E-state index in [2.05, 4.69) is 99.4 Å². The summed E-state index contributed by atoms with van der Waals surface area (Å²) in [6, 6.07) is 56.2. The van der Waals surface area contributed by atoms with Gasteiger partial charge in [0.15, 0.2) is 5.75 Å². The Balaban J connectivity index is 1.13. The van der Waals surface area contributed by atoms with Crippen LogP contribution < -0.4 is 25.5 Å². The maximum Gasteiger partial charge on any atom is 0.277 e. The molecule has 7 rings (SSSR count). The van der Waals surface area contributed by atoms with Gasteiger partial charge in [-0.3, -0.25) is 10.1 Å². The Morgan fingerprint density at radius 3 is 1.34 bits per heavy atom. The van der Waals surface area contributed by atoms with Crippen LogP contribution in [-0.2, 0) is 4.99 Å². The number of hydrogen-bond donors (Lipinski definition) is 1. The lowest BCUT2D eigenvalue weighted by Gasteiger charge is -2.26. The Morgan fingerprint density at radius 1 is 0.517 bits per heavy atom. The second kappa shape index (κ2) is 18.0. The van der Waals surface area contributed by atoms with Gasteiger partial charge in [-0.2, -0.15) is 5.90 Å². The van der Waals surface area contributed by atoms with E-state index in [1.165, 1.54) is 11.6 Å². The quantitative estimate of drug-likeness (QED) is 0.0506. The van der Waals surface area contributed by atoms with Crippen LogP contribution >= 0.6 is 0 Å². The summed E-state index contributed by atoms with van der Waals surface area (Å²) in [5.74, 6) is 5.56. The Hall–Kier alpha value is -7.46. The van der Waals surface area contributed by atoms with E-state index in [1.807, 2.05) is 111 Å². The van der Waals surface area contributed by atoms with Crippen molar-refractivity contribution in [1.82, 2.24) is 0 Å². The molecule has 0 saturated heterocycles. The lowest BCUT2D eigenvalue weighted by atomic mass is 10.0. The number of nitrogens with two attached hydrogens (primary N) is 1. The Bertz CT molecular complexity index is 2500. The third-order valence-corrected chi connectivity index (χ3v) is 9.65. The number of nitrogens with zero attached hydrogens (tertiary/aromatic N) is 4. The number of aryl methyl sites for hydroxylation is 1. The first-order chi connectivity index (χ1) is 28.3. The van der Waals surface area contributed by atoms with Crippen molar-refractivity contribution < 1.29 is 14.8 Å². The van der Waals surface area contributed by atoms with Crippen LogP contribution in [0, 0.1) is 17.0 Å². The van der Waals surface area contributed by atoms with Gasteiger partial charge in [-0.15, -0.1) is 0 Å². The van der Waals surface area contributed by atoms with E-state index in [1.54, 1.807) is 18.2 Å². The monoisotopic (exact) mass is 765 g/mol. The first-order valence-corrected chi connectivity index (χ1v) is 18.7. The smallest absolute Gasteiger partial charge is 0.277 e. The second-order valence-electron chi connectivity index (χ2n) is 13.8. The molecule has 0 radical (unpaired) electrons. The molecular formula is C49H43N5O4. The molecule has 0 heterocycles. The van der Waals surface area contributed by atoms with Crippen molar-refractivity contribution >= 4 is 69.8 Å². The summed E-state index contributed by atoms with van der Waals surface area (Å²) in [5.41, 5.74) is 10.7. The van der Waals surface area contributed by atoms with Crippen LogP contribution in [0.2, 0.25) is 0 Å². The first kappa shape index (κ1) is 38.8. The fourth-order valence-electron chi connectivity index (χ4n) is 6.63. The Labute approximate surface area is 338 Å². The van der Waals surface area contributed by atoms with E-state index >= 15 is 0 Å². The Morgan fingerprint density at radius 2 is 0.914 bits per heavy atom. The summed E-state index contributed by atoms with van der Waals surface area (Å²) in [4.78, 5) is 28.3.